The van der Waals surface area contributed by atoms with Gasteiger partial charge in [-0.1, -0.05) is 0 Å². The van der Waals surface area contributed by atoms with E-state index in [1.807, 2.05) is 13.8 Å². The topological polar surface area (TPSA) is 67.4 Å². The molecule has 114 valence electrons. The Labute approximate surface area is 125 Å². The number of ether oxygens (including phenoxy) is 1. The average Bonchev–Trinajstić information content (AvgIpc) is 2.64. The first-order valence-electron chi connectivity index (χ1n) is 7.41. The van der Waals surface area contributed by atoms with E-state index in [-0.39, 0.29) is 17.9 Å². The molecule has 1 aromatic rings. The van der Waals surface area contributed by atoms with Gasteiger partial charge in [-0.3, -0.25) is 9.59 Å². The van der Waals surface area contributed by atoms with Gasteiger partial charge >= 0.3 is 0 Å². The van der Waals surface area contributed by atoms with Crippen molar-refractivity contribution < 1.29 is 14.3 Å². The summed E-state index contributed by atoms with van der Waals surface area (Å²) >= 11 is 0. The summed E-state index contributed by atoms with van der Waals surface area (Å²) in [6.07, 6.45) is 2.68. The highest BCUT2D eigenvalue weighted by molar-refractivity contribution is 5.97. The molecule has 1 saturated heterocycles. The summed E-state index contributed by atoms with van der Waals surface area (Å²) in [5, 5.41) is 5.60. The minimum Gasteiger partial charge on any atom is -0.491 e. The third-order valence-corrected chi connectivity index (χ3v) is 3.33. The Balaban J connectivity index is 1.97. The molecule has 1 atom stereocenters. The van der Waals surface area contributed by atoms with Gasteiger partial charge in [0.15, 0.2) is 0 Å². The standard InChI is InChI=1S/C16H22N2O3/c1-11(2)21-13-8-6-12(7-9-13)15(19)18-14-5-3-4-10-17-16(14)20/h6-9,11,14H,3-5,10H2,1-2H3,(H,17,20)(H,18,19). The Morgan fingerprint density at radius 1 is 1.29 bits per heavy atom. The molecule has 21 heavy (non-hydrogen) atoms. The molecule has 0 bridgehead atoms. The third-order valence-electron chi connectivity index (χ3n) is 3.33. The van der Waals surface area contributed by atoms with Gasteiger partial charge in [-0.05, 0) is 57.4 Å². The number of carbonyl (C=O) groups excluding carboxylic acids is 2. The van der Waals surface area contributed by atoms with Gasteiger partial charge in [-0.15, -0.1) is 0 Å². The fourth-order valence-electron chi connectivity index (χ4n) is 2.28. The second-order valence-corrected chi connectivity index (χ2v) is 5.50. The lowest BCUT2D eigenvalue weighted by Crippen LogP contribution is -2.45. The molecular weight excluding hydrogens is 268 g/mol. The van der Waals surface area contributed by atoms with E-state index in [2.05, 4.69) is 10.6 Å². The molecule has 2 amide bonds. The quantitative estimate of drug-likeness (QED) is 0.889. The van der Waals surface area contributed by atoms with Crippen LogP contribution in [0.5, 0.6) is 5.75 Å². The van der Waals surface area contributed by atoms with Crippen molar-refractivity contribution in [1.29, 1.82) is 0 Å². The largest absolute Gasteiger partial charge is 0.491 e. The van der Waals surface area contributed by atoms with Crippen molar-refractivity contribution in [3.05, 3.63) is 29.8 Å². The number of benzene rings is 1. The van der Waals surface area contributed by atoms with Crippen LogP contribution in [-0.4, -0.2) is 30.5 Å². The molecule has 2 N–H and O–H groups in total. The van der Waals surface area contributed by atoms with E-state index in [1.165, 1.54) is 0 Å². The SMILES string of the molecule is CC(C)Oc1ccc(C(=O)NC2CCCCNC2=O)cc1. The smallest absolute Gasteiger partial charge is 0.251 e. The molecule has 1 unspecified atom stereocenters. The Hall–Kier alpha value is -2.04. The molecule has 1 aliphatic rings. The van der Waals surface area contributed by atoms with Crippen LogP contribution in [0, 0.1) is 0 Å². The molecule has 0 aromatic heterocycles. The van der Waals surface area contributed by atoms with Crippen LogP contribution in [0.15, 0.2) is 24.3 Å². The van der Waals surface area contributed by atoms with E-state index in [0.717, 1.165) is 18.6 Å². The lowest BCUT2D eigenvalue weighted by molar-refractivity contribution is -0.122. The van der Waals surface area contributed by atoms with Crippen LogP contribution in [0.2, 0.25) is 0 Å². The van der Waals surface area contributed by atoms with Crippen LogP contribution in [0.1, 0.15) is 43.5 Å². The average molecular weight is 290 g/mol. The Kier molecular flexibility index (Phi) is 5.20. The van der Waals surface area contributed by atoms with Gasteiger partial charge in [-0.2, -0.15) is 0 Å². The molecule has 0 saturated carbocycles. The molecule has 5 nitrogen and oxygen atoms in total. The van der Waals surface area contributed by atoms with Crippen molar-refractivity contribution in [2.24, 2.45) is 0 Å². The summed E-state index contributed by atoms with van der Waals surface area (Å²) in [4.78, 5) is 24.0. The summed E-state index contributed by atoms with van der Waals surface area (Å²) < 4.78 is 5.54. The molecule has 1 heterocycles. The first-order valence-corrected chi connectivity index (χ1v) is 7.41. The van der Waals surface area contributed by atoms with E-state index in [4.69, 9.17) is 4.74 Å². The van der Waals surface area contributed by atoms with E-state index in [0.29, 0.717) is 18.5 Å². The van der Waals surface area contributed by atoms with Crippen LogP contribution in [-0.2, 0) is 4.79 Å². The Bertz CT molecular complexity index is 497. The highest BCUT2D eigenvalue weighted by atomic mass is 16.5. The molecule has 1 fully saturated rings. The van der Waals surface area contributed by atoms with Crippen LogP contribution >= 0.6 is 0 Å². The maximum absolute atomic E-state index is 12.2. The third kappa shape index (κ3) is 4.48. The van der Waals surface area contributed by atoms with Gasteiger partial charge in [0.25, 0.3) is 5.91 Å². The zero-order valence-corrected chi connectivity index (χ0v) is 12.5. The lowest BCUT2D eigenvalue weighted by Gasteiger charge is -2.15. The van der Waals surface area contributed by atoms with Crippen molar-refractivity contribution in [1.82, 2.24) is 10.6 Å². The van der Waals surface area contributed by atoms with Gasteiger partial charge < -0.3 is 15.4 Å². The summed E-state index contributed by atoms with van der Waals surface area (Å²) in [6, 6.07) is 6.51. The van der Waals surface area contributed by atoms with Gasteiger partial charge in [0.2, 0.25) is 5.91 Å². The Morgan fingerprint density at radius 2 is 2.00 bits per heavy atom. The number of hydrogen-bond acceptors (Lipinski definition) is 3. The van der Waals surface area contributed by atoms with Crippen molar-refractivity contribution in [2.75, 3.05) is 6.54 Å². The first kappa shape index (κ1) is 15.4. The minimum absolute atomic E-state index is 0.0966. The predicted octanol–water partition coefficient (Wildman–Crippen LogP) is 1.87. The maximum atomic E-state index is 12.2. The molecular formula is C16H22N2O3. The zero-order valence-electron chi connectivity index (χ0n) is 12.5. The summed E-state index contributed by atoms with van der Waals surface area (Å²) in [5.41, 5.74) is 0.531. The molecule has 1 aliphatic heterocycles. The number of hydrogen-bond donors (Lipinski definition) is 2. The zero-order chi connectivity index (χ0) is 15.2. The normalized spacial score (nSPS) is 18.8. The molecule has 0 aliphatic carbocycles. The van der Waals surface area contributed by atoms with Crippen LogP contribution in [0.4, 0.5) is 0 Å². The molecule has 0 radical (unpaired) electrons. The fraction of sp³-hybridized carbons (Fsp3) is 0.500. The van der Waals surface area contributed by atoms with Crippen LogP contribution in [0.3, 0.4) is 0 Å². The second kappa shape index (κ2) is 7.11. The summed E-state index contributed by atoms with van der Waals surface area (Å²) in [5.74, 6) is 0.405. The lowest BCUT2D eigenvalue weighted by atomic mass is 10.1. The molecule has 0 spiro atoms. The number of amides is 2. The molecule has 1 aromatic carbocycles. The highest BCUT2D eigenvalue weighted by Crippen LogP contribution is 2.14. The Morgan fingerprint density at radius 3 is 2.67 bits per heavy atom. The van der Waals surface area contributed by atoms with E-state index < -0.39 is 6.04 Å². The van der Waals surface area contributed by atoms with Gasteiger partial charge in [0.05, 0.1) is 6.10 Å². The molecule has 2 rings (SSSR count). The number of rotatable bonds is 4. The minimum atomic E-state index is -0.438. The number of nitrogens with one attached hydrogen (secondary N) is 2. The van der Waals surface area contributed by atoms with Crippen molar-refractivity contribution in [2.45, 2.75) is 45.3 Å². The van der Waals surface area contributed by atoms with Gasteiger partial charge in [0, 0.05) is 12.1 Å². The fourth-order valence-corrected chi connectivity index (χ4v) is 2.28. The summed E-state index contributed by atoms with van der Waals surface area (Å²) in [6.45, 7) is 4.59. The van der Waals surface area contributed by atoms with E-state index in [1.54, 1.807) is 24.3 Å². The maximum Gasteiger partial charge on any atom is 0.251 e. The molecule has 5 heteroatoms. The second-order valence-electron chi connectivity index (χ2n) is 5.50. The van der Waals surface area contributed by atoms with Crippen LogP contribution < -0.4 is 15.4 Å². The first-order chi connectivity index (χ1) is 10.1. The van der Waals surface area contributed by atoms with Gasteiger partial charge in [-0.25, -0.2) is 0 Å². The van der Waals surface area contributed by atoms with Crippen LogP contribution in [0.25, 0.3) is 0 Å². The summed E-state index contributed by atoms with van der Waals surface area (Å²) in [7, 11) is 0. The van der Waals surface area contributed by atoms with Crippen molar-refractivity contribution in [3.63, 3.8) is 0 Å². The van der Waals surface area contributed by atoms with E-state index in [9.17, 15) is 9.59 Å². The van der Waals surface area contributed by atoms with Gasteiger partial charge in [0.1, 0.15) is 11.8 Å². The predicted molar refractivity (Wildman–Crippen MR) is 80.3 cm³/mol. The number of carbonyl (C=O) groups is 2. The monoisotopic (exact) mass is 290 g/mol. The van der Waals surface area contributed by atoms with E-state index >= 15 is 0 Å². The van der Waals surface area contributed by atoms with Crippen molar-refractivity contribution >= 4 is 11.8 Å². The highest BCUT2D eigenvalue weighted by Gasteiger charge is 2.22. The van der Waals surface area contributed by atoms with Crippen molar-refractivity contribution in [3.8, 4) is 5.75 Å².